The zero-order chi connectivity index (χ0) is 49.7. The molecule has 0 saturated carbocycles. The first-order valence-electron chi connectivity index (χ1n) is 21.7. The van der Waals surface area contributed by atoms with E-state index in [0.29, 0.717) is 31.4 Å². The number of hydrogen-bond acceptors (Lipinski definition) is 14. The van der Waals surface area contributed by atoms with Gasteiger partial charge < -0.3 is 63.8 Å². The van der Waals surface area contributed by atoms with Gasteiger partial charge in [0.25, 0.3) is 5.91 Å². The number of nitrogens with one attached hydrogen (secondary N) is 7. The van der Waals surface area contributed by atoms with Crippen molar-refractivity contribution in [3.63, 3.8) is 0 Å². The topological polar surface area (TPSA) is 368 Å². The number of nitrogens with two attached hydrogens (primary N) is 2. The molecule has 1 aliphatic rings. The van der Waals surface area contributed by atoms with Crippen LogP contribution in [-0.4, -0.2) is 160 Å². The molecule has 0 aromatic carbocycles. The van der Waals surface area contributed by atoms with Gasteiger partial charge in [-0.05, 0) is 76.2 Å². The van der Waals surface area contributed by atoms with Crippen LogP contribution in [0.25, 0.3) is 0 Å². The van der Waals surface area contributed by atoms with Gasteiger partial charge in [-0.15, -0.1) is 0 Å². The number of likely N-dealkylation sites (tertiary alicyclic amines) is 1. The zero-order valence-corrected chi connectivity index (χ0v) is 39.3. The van der Waals surface area contributed by atoms with Gasteiger partial charge in [-0.25, -0.2) is 0 Å². The maximum absolute atomic E-state index is 14.0. The summed E-state index contributed by atoms with van der Waals surface area (Å²) < 4.78 is 0. The Hall–Kier alpha value is -5.36. The molecule has 0 radical (unpaired) electrons. The van der Waals surface area contributed by atoms with Crippen molar-refractivity contribution in [1.82, 2.24) is 42.1 Å². The minimum atomic E-state index is -1.77. The minimum absolute atomic E-state index is 0.00313. The molecule has 1 heterocycles. The number of primary amides is 1. The number of amides is 9. The normalized spacial score (nSPS) is 17.6. The lowest BCUT2D eigenvalue weighted by Crippen LogP contribution is -2.62. The number of thioether (sulfide) groups is 1. The van der Waals surface area contributed by atoms with E-state index < -0.39 is 132 Å². The number of hydrogen-bond donors (Lipinski definition) is 11. The van der Waals surface area contributed by atoms with E-state index in [4.69, 9.17) is 11.5 Å². The summed E-state index contributed by atoms with van der Waals surface area (Å²) in [5.74, 6) is -10.1. The fraction of sp³-hybridized carbons (Fsp3) is 0.732. The fourth-order valence-electron chi connectivity index (χ4n) is 6.57. The number of aliphatic carboxylic acids is 1. The van der Waals surface area contributed by atoms with Crippen LogP contribution in [0.15, 0.2) is 0 Å². The number of aliphatic hydroxyl groups is 1. The van der Waals surface area contributed by atoms with Gasteiger partial charge in [-0.3, -0.25) is 52.7 Å². The SMILES string of the molecule is CC[C@H](C)[C@H](N)C(=O)N1CCC[C@H]1C(=O)N[C@@H](CCCCNC(=O)C(C)=O)C(=O)N[C@H](C(=O)N[C@@H](CCSC)C(=O)N[C@H](C(=O)N[C@@H](CC(=O)O)C(=O)N[C@@H](C)C(N)=O)[C@@H](C)O)C(C)C. The number of carbonyl (C=O) groups is 11. The summed E-state index contributed by atoms with van der Waals surface area (Å²) in [4.78, 5) is 142. The van der Waals surface area contributed by atoms with Gasteiger partial charge in [-0.2, -0.15) is 11.8 Å². The summed E-state index contributed by atoms with van der Waals surface area (Å²) >= 11 is 1.32. The number of nitrogens with zero attached hydrogens (tertiary/aromatic N) is 1. The number of Topliss-reactive ketones (excluding diaryl/α,β-unsaturated/α-hetero) is 1. The quantitative estimate of drug-likeness (QED) is 0.0262. The van der Waals surface area contributed by atoms with Crippen molar-refractivity contribution >= 4 is 76.7 Å². The van der Waals surface area contributed by atoms with Crippen molar-refractivity contribution < 1.29 is 63.0 Å². The number of unbranched alkanes of at least 4 members (excludes halogenated alkanes) is 1. The molecule has 368 valence electrons. The third kappa shape index (κ3) is 19.3. The Morgan fingerprint density at radius 1 is 0.754 bits per heavy atom. The van der Waals surface area contributed by atoms with E-state index in [1.54, 1.807) is 20.1 Å². The van der Waals surface area contributed by atoms with Crippen molar-refractivity contribution in [1.29, 1.82) is 0 Å². The summed E-state index contributed by atoms with van der Waals surface area (Å²) in [6, 6.07) is -10.4. The van der Waals surface area contributed by atoms with Crippen molar-refractivity contribution in [2.24, 2.45) is 23.3 Å². The van der Waals surface area contributed by atoms with Gasteiger partial charge in [0.15, 0.2) is 0 Å². The van der Waals surface area contributed by atoms with Crippen LogP contribution in [0.4, 0.5) is 0 Å². The Morgan fingerprint density at radius 2 is 1.31 bits per heavy atom. The molecule has 0 aliphatic carbocycles. The predicted octanol–water partition coefficient (Wildman–Crippen LogP) is -3.10. The molecule has 1 fully saturated rings. The lowest BCUT2D eigenvalue weighted by atomic mass is 9.98. The van der Waals surface area contributed by atoms with Crippen LogP contribution in [0, 0.1) is 11.8 Å². The Morgan fingerprint density at radius 3 is 1.83 bits per heavy atom. The lowest BCUT2D eigenvalue weighted by Gasteiger charge is -2.31. The number of ketones is 1. The Kier molecular flexibility index (Phi) is 25.3. The lowest BCUT2D eigenvalue weighted by molar-refractivity contribution is -0.142. The van der Waals surface area contributed by atoms with Gasteiger partial charge in [0.05, 0.1) is 18.6 Å². The standard InChI is InChI=1S/C41H70N10O13S/c1-9-21(4)30(42)41(64)51-17-12-14-28(51)38(61)46-25(13-10-11-16-44-34(57)24(7)53)35(58)49-31(20(2)3)39(62)47-26(15-18-65-8)36(59)50-32(23(6)52)40(63)48-27(19-29(54)55)37(60)45-22(5)33(43)56/h20-23,25-28,30-32,52H,9-19,42H2,1-8H3,(H2,43,56)(H,44,57)(H,45,60)(H,46,61)(H,47,62)(H,48,63)(H,49,58)(H,50,59)(H,54,55)/t21-,22-,23+,25-,26-,27-,28-,30-,31-,32-/m0/s1. The number of aliphatic hydroxyl groups excluding tert-OH is 1. The Balaban J connectivity index is 3.35. The highest BCUT2D eigenvalue weighted by Crippen LogP contribution is 2.21. The molecule has 1 saturated heterocycles. The summed E-state index contributed by atoms with van der Waals surface area (Å²) in [6.07, 6.45) is 1.26. The highest BCUT2D eigenvalue weighted by molar-refractivity contribution is 7.98. The number of carbonyl (C=O) groups excluding carboxylic acids is 10. The molecule has 0 aromatic heterocycles. The summed E-state index contributed by atoms with van der Waals surface area (Å²) in [6.45, 7) is 10.9. The van der Waals surface area contributed by atoms with Crippen LogP contribution in [0.2, 0.25) is 0 Å². The molecule has 24 heteroatoms. The predicted molar refractivity (Wildman–Crippen MR) is 238 cm³/mol. The van der Waals surface area contributed by atoms with Gasteiger partial charge in [0.1, 0.15) is 42.3 Å². The largest absolute Gasteiger partial charge is 0.481 e. The second-order valence-electron chi connectivity index (χ2n) is 16.6. The minimum Gasteiger partial charge on any atom is -0.481 e. The van der Waals surface area contributed by atoms with Crippen molar-refractivity contribution in [3.05, 3.63) is 0 Å². The van der Waals surface area contributed by atoms with Gasteiger partial charge in [-0.1, -0.05) is 34.1 Å². The molecular formula is C41H70N10O13S. The van der Waals surface area contributed by atoms with Crippen LogP contribution < -0.4 is 48.7 Å². The molecule has 10 atom stereocenters. The second-order valence-corrected chi connectivity index (χ2v) is 17.5. The van der Waals surface area contributed by atoms with E-state index in [1.165, 1.54) is 23.6 Å². The molecule has 0 bridgehead atoms. The highest BCUT2D eigenvalue weighted by Gasteiger charge is 2.40. The van der Waals surface area contributed by atoms with Crippen molar-refractivity contribution in [2.45, 2.75) is 154 Å². The van der Waals surface area contributed by atoms with E-state index in [-0.39, 0.29) is 38.3 Å². The summed E-state index contributed by atoms with van der Waals surface area (Å²) in [5, 5.41) is 37.0. The highest BCUT2D eigenvalue weighted by atomic mass is 32.2. The Labute approximate surface area is 383 Å². The molecule has 65 heavy (non-hydrogen) atoms. The zero-order valence-electron chi connectivity index (χ0n) is 38.5. The van der Waals surface area contributed by atoms with Crippen molar-refractivity contribution in [3.8, 4) is 0 Å². The maximum Gasteiger partial charge on any atom is 0.305 e. The summed E-state index contributed by atoms with van der Waals surface area (Å²) in [7, 11) is 0. The van der Waals surface area contributed by atoms with Crippen LogP contribution in [-0.2, 0) is 52.7 Å². The average molecular weight is 943 g/mol. The van der Waals surface area contributed by atoms with Crippen LogP contribution in [0.5, 0.6) is 0 Å². The first-order chi connectivity index (χ1) is 30.4. The van der Waals surface area contributed by atoms with E-state index in [9.17, 15) is 63.0 Å². The smallest absolute Gasteiger partial charge is 0.305 e. The molecule has 13 N–H and O–H groups in total. The van der Waals surface area contributed by atoms with E-state index in [1.807, 2.05) is 13.8 Å². The molecule has 23 nitrogen and oxygen atoms in total. The monoisotopic (exact) mass is 942 g/mol. The number of rotatable bonds is 29. The second kappa shape index (κ2) is 28.5. The van der Waals surface area contributed by atoms with Gasteiger partial charge in [0, 0.05) is 20.0 Å². The third-order valence-electron chi connectivity index (χ3n) is 10.9. The van der Waals surface area contributed by atoms with Crippen LogP contribution >= 0.6 is 11.8 Å². The molecule has 1 aliphatic heterocycles. The van der Waals surface area contributed by atoms with Crippen LogP contribution in [0.1, 0.15) is 99.8 Å². The molecule has 0 aromatic rings. The van der Waals surface area contributed by atoms with E-state index in [2.05, 4.69) is 37.2 Å². The number of carboxylic acids is 1. The first-order valence-corrected chi connectivity index (χ1v) is 23.1. The molecule has 0 unspecified atom stereocenters. The molecule has 9 amide bonds. The number of carboxylic acid groups (broad SMARTS) is 1. The van der Waals surface area contributed by atoms with Gasteiger partial charge >= 0.3 is 5.97 Å². The molecule has 1 rings (SSSR count). The van der Waals surface area contributed by atoms with Gasteiger partial charge in [0.2, 0.25) is 53.0 Å². The third-order valence-corrected chi connectivity index (χ3v) is 11.5. The molecular weight excluding hydrogens is 873 g/mol. The van der Waals surface area contributed by atoms with E-state index in [0.717, 1.165) is 13.8 Å². The molecule has 0 spiro atoms. The Bertz CT molecular complexity index is 1720. The summed E-state index contributed by atoms with van der Waals surface area (Å²) in [5.41, 5.74) is 11.4. The van der Waals surface area contributed by atoms with Crippen molar-refractivity contribution in [2.75, 3.05) is 25.1 Å². The maximum atomic E-state index is 14.0. The fourth-order valence-corrected chi connectivity index (χ4v) is 7.04. The average Bonchev–Trinajstić information content (AvgIpc) is 3.73. The first kappa shape index (κ1) is 57.7. The van der Waals surface area contributed by atoms with E-state index >= 15 is 0 Å². The van der Waals surface area contributed by atoms with Crippen LogP contribution in [0.3, 0.4) is 0 Å².